The van der Waals surface area contributed by atoms with Gasteiger partial charge in [-0.15, -0.1) is 0 Å². The topological polar surface area (TPSA) is 67.4 Å². The fourth-order valence-electron chi connectivity index (χ4n) is 3.02. The second kappa shape index (κ2) is 7.15. The Kier molecular flexibility index (Phi) is 5.00. The summed E-state index contributed by atoms with van der Waals surface area (Å²) in [4.78, 5) is 23.3. The van der Waals surface area contributed by atoms with E-state index in [2.05, 4.69) is 27.1 Å². The van der Waals surface area contributed by atoms with Crippen molar-refractivity contribution in [2.45, 2.75) is 45.2 Å². The molecule has 0 saturated carbocycles. The molecule has 0 unspecified atom stereocenters. The highest BCUT2D eigenvalue weighted by Crippen LogP contribution is 2.16. The van der Waals surface area contributed by atoms with E-state index < -0.39 is 0 Å². The molecule has 22 heavy (non-hydrogen) atoms. The second-order valence-corrected chi connectivity index (χ2v) is 6.03. The van der Waals surface area contributed by atoms with E-state index in [9.17, 15) is 4.79 Å². The number of aromatic nitrogens is 2. The molecule has 1 aromatic heterocycles. The maximum absolute atomic E-state index is 12.2. The number of nitrogens with zero attached hydrogens (tertiary/aromatic N) is 3. The molecule has 1 fully saturated rings. The number of carbonyl (C=O) groups excluding carboxylic acids is 1. The Morgan fingerprint density at radius 3 is 3.05 bits per heavy atom. The second-order valence-electron chi connectivity index (χ2n) is 6.03. The SMILES string of the molecule is CCc1ncc2c(n1)CN(CC(=O)NC1CCOCC1)CC2. The number of aryl methyl sites for hydroxylation is 1. The zero-order valence-electron chi connectivity index (χ0n) is 13.2. The number of carbonyl (C=O) groups is 1. The molecule has 0 aromatic carbocycles. The van der Waals surface area contributed by atoms with E-state index >= 15 is 0 Å². The molecular weight excluding hydrogens is 280 g/mol. The van der Waals surface area contributed by atoms with E-state index in [1.165, 1.54) is 5.56 Å². The molecule has 0 aliphatic carbocycles. The van der Waals surface area contributed by atoms with Gasteiger partial charge in [-0.3, -0.25) is 9.69 Å². The molecule has 1 aromatic rings. The van der Waals surface area contributed by atoms with Gasteiger partial charge in [-0.05, 0) is 24.8 Å². The minimum atomic E-state index is 0.111. The molecule has 1 amide bonds. The van der Waals surface area contributed by atoms with Crippen LogP contribution in [-0.4, -0.2) is 53.1 Å². The lowest BCUT2D eigenvalue weighted by molar-refractivity contribution is -0.123. The average Bonchev–Trinajstić information content (AvgIpc) is 2.55. The molecule has 0 radical (unpaired) electrons. The number of rotatable bonds is 4. The van der Waals surface area contributed by atoms with E-state index in [-0.39, 0.29) is 11.9 Å². The number of fused-ring (bicyclic) bond motifs is 1. The number of hydrogen-bond acceptors (Lipinski definition) is 5. The molecule has 0 spiro atoms. The third kappa shape index (κ3) is 3.81. The lowest BCUT2D eigenvalue weighted by Gasteiger charge is -2.29. The van der Waals surface area contributed by atoms with Crippen LogP contribution in [0.2, 0.25) is 0 Å². The highest BCUT2D eigenvalue weighted by Gasteiger charge is 2.22. The summed E-state index contributed by atoms with van der Waals surface area (Å²) in [5.74, 6) is 0.993. The van der Waals surface area contributed by atoms with Crippen LogP contribution >= 0.6 is 0 Å². The summed E-state index contributed by atoms with van der Waals surface area (Å²) in [6.45, 7) is 5.64. The third-order valence-corrected chi connectivity index (χ3v) is 4.34. The molecule has 3 rings (SSSR count). The van der Waals surface area contributed by atoms with E-state index in [0.717, 1.165) is 63.5 Å². The fourth-order valence-corrected chi connectivity index (χ4v) is 3.02. The predicted molar refractivity (Wildman–Crippen MR) is 82.4 cm³/mol. The van der Waals surface area contributed by atoms with Crippen LogP contribution in [0.15, 0.2) is 6.20 Å². The Labute approximate surface area is 131 Å². The van der Waals surface area contributed by atoms with Crippen molar-refractivity contribution in [3.05, 3.63) is 23.3 Å². The van der Waals surface area contributed by atoms with Crippen LogP contribution in [-0.2, 0) is 28.9 Å². The molecule has 2 aliphatic heterocycles. The minimum Gasteiger partial charge on any atom is -0.381 e. The summed E-state index contributed by atoms with van der Waals surface area (Å²) >= 11 is 0. The first kappa shape index (κ1) is 15.4. The Balaban J connectivity index is 1.54. The van der Waals surface area contributed by atoms with Gasteiger partial charge in [-0.1, -0.05) is 6.92 Å². The van der Waals surface area contributed by atoms with Crippen molar-refractivity contribution in [2.75, 3.05) is 26.3 Å². The number of amides is 1. The van der Waals surface area contributed by atoms with Gasteiger partial charge in [-0.2, -0.15) is 0 Å². The Bertz CT molecular complexity index is 529. The summed E-state index contributed by atoms with van der Waals surface area (Å²) in [5.41, 5.74) is 2.30. The maximum Gasteiger partial charge on any atom is 0.234 e. The highest BCUT2D eigenvalue weighted by molar-refractivity contribution is 5.78. The first-order chi connectivity index (χ1) is 10.7. The van der Waals surface area contributed by atoms with Gasteiger partial charge in [0.2, 0.25) is 5.91 Å². The van der Waals surface area contributed by atoms with Crippen molar-refractivity contribution in [3.8, 4) is 0 Å². The van der Waals surface area contributed by atoms with Gasteiger partial charge in [0.25, 0.3) is 0 Å². The Morgan fingerprint density at radius 1 is 1.45 bits per heavy atom. The summed E-state index contributed by atoms with van der Waals surface area (Å²) in [5, 5.41) is 3.12. The zero-order valence-corrected chi connectivity index (χ0v) is 13.2. The first-order valence-corrected chi connectivity index (χ1v) is 8.17. The van der Waals surface area contributed by atoms with Crippen molar-refractivity contribution < 1.29 is 9.53 Å². The minimum absolute atomic E-state index is 0.111. The van der Waals surface area contributed by atoms with Crippen LogP contribution in [0.25, 0.3) is 0 Å². The predicted octanol–water partition coefficient (Wildman–Crippen LogP) is 0.692. The zero-order chi connectivity index (χ0) is 15.4. The lowest BCUT2D eigenvalue weighted by Crippen LogP contribution is -2.45. The smallest absolute Gasteiger partial charge is 0.234 e. The normalized spacial score (nSPS) is 19.7. The molecule has 6 heteroatoms. The van der Waals surface area contributed by atoms with Crippen LogP contribution in [0.3, 0.4) is 0 Å². The largest absolute Gasteiger partial charge is 0.381 e. The summed E-state index contributed by atoms with van der Waals surface area (Å²) in [7, 11) is 0. The van der Waals surface area contributed by atoms with Gasteiger partial charge in [0.15, 0.2) is 0 Å². The van der Waals surface area contributed by atoms with Crippen LogP contribution in [0.4, 0.5) is 0 Å². The van der Waals surface area contributed by atoms with Gasteiger partial charge in [0.1, 0.15) is 5.82 Å². The van der Waals surface area contributed by atoms with Crippen molar-refractivity contribution in [3.63, 3.8) is 0 Å². The van der Waals surface area contributed by atoms with E-state index in [1.54, 1.807) is 0 Å². The molecule has 0 bridgehead atoms. The van der Waals surface area contributed by atoms with Crippen LogP contribution in [0.5, 0.6) is 0 Å². The van der Waals surface area contributed by atoms with E-state index in [1.807, 2.05) is 6.20 Å². The van der Waals surface area contributed by atoms with Gasteiger partial charge in [0.05, 0.1) is 12.2 Å². The monoisotopic (exact) mass is 304 g/mol. The molecule has 1 saturated heterocycles. The van der Waals surface area contributed by atoms with Gasteiger partial charge >= 0.3 is 0 Å². The van der Waals surface area contributed by atoms with Gasteiger partial charge in [0, 0.05) is 45.0 Å². The maximum atomic E-state index is 12.2. The molecule has 3 heterocycles. The molecule has 1 N–H and O–H groups in total. The van der Waals surface area contributed by atoms with E-state index in [4.69, 9.17) is 4.74 Å². The van der Waals surface area contributed by atoms with Crippen LogP contribution < -0.4 is 5.32 Å². The molecule has 120 valence electrons. The molecule has 6 nitrogen and oxygen atoms in total. The highest BCUT2D eigenvalue weighted by atomic mass is 16.5. The number of hydrogen-bond donors (Lipinski definition) is 1. The third-order valence-electron chi connectivity index (χ3n) is 4.34. The van der Waals surface area contributed by atoms with Gasteiger partial charge in [-0.25, -0.2) is 9.97 Å². The van der Waals surface area contributed by atoms with Crippen molar-refractivity contribution in [1.29, 1.82) is 0 Å². The average molecular weight is 304 g/mol. The quantitative estimate of drug-likeness (QED) is 0.886. The summed E-state index contributed by atoms with van der Waals surface area (Å²) in [6.07, 6.45) is 5.55. The lowest BCUT2D eigenvalue weighted by atomic mass is 10.1. The number of nitrogens with one attached hydrogen (secondary N) is 1. The standard InChI is InChI=1S/C16H24N4O2/c1-2-15-17-9-12-3-6-20(10-14(12)19-15)11-16(21)18-13-4-7-22-8-5-13/h9,13H,2-8,10-11H2,1H3,(H,18,21). The first-order valence-electron chi connectivity index (χ1n) is 8.17. The fraction of sp³-hybridized carbons (Fsp3) is 0.688. The number of ether oxygens (including phenoxy) is 1. The molecular formula is C16H24N4O2. The van der Waals surface area contributed by atoms with Crippen molar-refractivity contribution in [1.82, 2.24) is 20.2 Å². The summed E-state index contributed by atoms with van der Waals surface area (Å²) in [6, 6.07) is 0.271. The van der Waals surface area contributed by atoms with E-state index in [0.29, 0.717) is 6.54 Å². The summed E-state index contributed by atoms with van der Waals surface area (Å²) < 4.78 is 5.32. The Hall–Kier alpha value is -1.53. The Morgan fingerprint density at radius 2 is 2.27 bits per heavy atom. The molecule has 2 aliphatic rings. The van der Waals surface area contributed by atoms with Gasteiger partial charge < -0.3 is 10.1 Å². The van der Waals surface area contributed by atoms with Crippen LogP contribution in [0.1, 0.15) is 36.8 Å². The van der Waals surface area contributed by atoms with Crippen LogP contribution in [0, 0.1) is 0 Å². The van der Waals surface area contributed by atoms with Crippen molar-refractivity contribution >= 4 is 5.91 Å². The van der Waals surface area contributed by atoms with Crippen molar-refractivity contribution in [2.24, 2.45) is 0 Å². The molecule has 0 atom stereocenters.